The number of carbonyl (C=O) groups is 2. The molecule has 0 unspecified atom stereocenters. The van der Waals surface area contributed by atoms with E-state index in [1.807, 2.05) is 20.8 Å². The summed E-state index contributed by atoms with van der Waals surface area (Å²) in [5.41, 5.74) is -0.285. The number of amides is 2. The molecule has 0 spiro atoms. The van der Waals surface area contributed by atoms with Crippen LogP contribution in [-0.4, -0.2) is 25.3 Å². The molecule has 4 rings (SSSR count). The molecule has 0 fully saturated rings. The monoisotopic (exact) mass is 477 g/mol. The van der Waals surface area contributed by atoms with Crippen LogP contribution in [-0.2, 0) is 26.0 Å². The molecule has 172 valence electrons. The number of hydroxylamine groups is 2. The first kappa shape index (κ1) is 22.9. The largest absolute Gasteiger partial charge is 0.416 e. The molecule has 2 amide bonds. The number of nitrogens with zero attached hydrogens (tertiary/aromatic N) is 1. The van der Waals surface area contributed by atoms with Crippen molar-refractivity contribution in [3.05, 3.63) is 76.9 Å². The van der Waals surface area contributed by atoms with E-state index in [1.165, 1.54) is 12.1 Å². The standard InChI is InChI=1S/C23H18F3NO5S/c1-22(2,3)18-12-11-17-19-15(18)5-4-6-16(19)20(28)27(21(17)29)32-33(30,31)14-9-7-13(8-10-14)23(24,25)26/h4-12H,1-3H3. The average molecular weight is 477 g/mol. The van der Waals surface area contributed by atoms with Gasteiger partial charge in [0.2, 0.25) is 0 Å². The number of alkyl halides is 3. The molecular formula is C23H18F3NO5S. The summed E-state index contributed by atoms with van der Waals surface area (Å²) in [4.78, 5) is 25.4. The maximum atomic E-state index is 13.0. The van der Waals surface area contributed by atoms with Gasteiger partial charge >= 0.3 is 16.3 Å². The summed E-state index contributed by atoms with van der Waals surface area (Å²) in [7, 11) is -4.77. The zero-order valence-electron chi connectivity index (χ0n) is 17.7. The van der Waals surface area contributed by atoms with E-state index in [4.69, 9.17) is 4.28 Å². The highest BCUT2D eigenvalue weighted by Gasteiger charge is 2.39. The molecule has 0 bridgehead atoms. The molecule has 1 heterocycles. The predicted octanol–water partition coefficient (Wildman–Crippen LogP) is 5.07. The first-order valence-electron chi connectivity index (χ1n) is 9.79. The van der Waals surface area contributed by atoms with Gasteiger partial charge in [0.05, 0.1) is 21.6 Å². The van der Waals surface area contributed by atoms with E-state index in [9.17, 15) is 31.2 Å². The summed E-state index contributed by atoms with van der Waals surface area (Å²) in [6, 6.07) is 10.6. The van der Waals surface area contributed by atoms with Gasteiger partial charge in [-0.2, -0.15) is 21.6 Å². The number of hydrogen-bond acceptors (Lipinski definition) is 5. The van der Waals surface area contributed by atoms with E-state index in [1.54, 1.807) is 18.2 Å². The van der Waals surface area contributed by atoms with Crippen LogP contribution < -0.4 is 0 Å². The summed E-state index contributed by atoms with van der Waals surface area (Å²) in [5.74, 6) is -1.97. The molecule has 3 aromatic carbocycles. The van der Waals surface area contributed by atoms with Crippen LogP contribution in [0.5, 0.6) is 0 Å². The summed E-state index contributed by atoms with van der Waals surface area (Å²) in [6.45, 7) is 5.95. The van der Waals surface area contributed by atoms with Crippen molar-refractivity contribution in [3.63, 3.8) is 0 Å². The second kappa shape index (κ2) is 7.39. The van der Waals surface area contributed by atoms with E-state index >= 15 is 0 Å². The fraction of sp³-hybridized carbons (Fsp3) is 0.217. The number of rotatable bonds is 3. The third kappa shape index (κ3) is 3.89. The van der Waals surface area contributed by atoms with Gasteiger partial charge in [-0.1, -0.05) is 39.0 Å². The molecular weight excluding hydrogens is 459 g/mol. The van der Waals surface area contributed by atoms with Crippen LogP contribution in [0, 0.1) is 0 Å². The molecule has 1 aliphatic rings. The lowest BCUT2D eigenvalue weighted by atomic mass is 9.81. The maximum absolute atomic E-state index is 13.0. The number of imide groups is 1. The fourth-order valence-corrected chi connectivity index (χ4v) is 4.63. The van der Waals surface area contributed by atoms with Crippen LogP contribution in [0.25, 0.3) is 10.8 Å². The van der Waals surface area contributed by atoms with Crippen molar-refractivity contribution in [3.8, 4) is 0 Å². The molecule has 3 aromatic rings. The van der Waals surface area contributed by atoms with Gasteiger partial charge in [-0.25, -0.2) is 0 Å². The van der Waals surface area contributed by atoms with Crippen LogP contribution in [0.4, 0.5) is 13.2 Å². The predicted molar refractivity (Wildman–Crippen MR) is 113 cm³/mol. The Hall–Kier alpha value is -3.24. The Kier molecular flexibility index (Phi) is 5.14. The van der Waals surface area contributed by atoms with Gasteiger partial charge in [-0.05, 0) is 52.8 Å². The first-order valence-corrected chi connectivity index (χ1v) is 11.2. The summed E-state index contributed by atoms with van der Waals surface area (Å²) >= 11 is 0. The van der Waals surface area contributed by atoms with Gasteiger partial charge in [-0.3, -0.25) is 9.59 Å². The number of halogens is 3. The van der Waals surface area contributed by atoms with Crippen molar-refractivity contribution in [2.75, 3.05) is 0 Å². The van der Waals surface area contributed by atoms with Gasteiger partial charge in [0, 0.05) is 5.39 Å². The van der Waals surface area contributed by atoms with E-state index in [2.05, 4.69) is 0 Å². The van der Waals surface area contributed by atoms with Crippen molar-refractivity contribution in [1.82, 2.24) is 5.06 Å². The van der Waals surface area contributed by atoms with Crippen LogP contribution in [0.15, 0.2) is 59.5 Å². The molecule has 0 saturated heterocycles. The van der Waals surface area contributed by atoms with Gasteiger partial charge in [0.1, 0.15) is 0 Å². The molecule has 0 saturated carbocycles. The smallest absolute Gasteiger partial charge is 0.266 e. The lowest BCUT2D eigenvalue weighted by Crippen LogP contribution is -2.41. The minimum atomic E-state index is -4.77. The number of carbonyl (C=O) groups excluding carboxylic acids is 2. The molecule has 0 N–H and O–H groups in total. The van der Waals surface area contributed by atoms with Crippen molar-refractivity contribution in [1.29, 1.82) is 0 Å². The zero-order chi connectivity index (χ0) is 24.3. The van der Waals surface area contributed by atoms with E-state index in [-0.39, 0.29) is 21.6 Å². The third-order valence-electron chi connectivity index (χ3n) is 5.32. The van der Waals surface area contributed by atoms with Crippen LogP contribution in [0.2, 0.25) is 0 Å². The van der Waals surface area contributed by atoms with Crippen molar-refractivity contribution in [2.45, 2.75) is 37.3 Å². The molecule has 10 heteroatoms. The fourth-order valence-electron chi connectivity index (χ4n) is 3.75. The Morgan fingerprint density at radius 3 is 1.94 bits per heavy atom. The summed E-state index contributed by atoms with van der Waals surface area (Å²) < 4.78 is 68.4. The molecule has 1 aliphatic heterocycles. The Labute approximate surface area is 187 Å². The lowest BCUT2D eigenvalue weighted by Gasteiger charge is -2.28. The minimum absolute atomic E-state index is 0.0795. The van der Waals surface area contributed by atoms with E-state index in [0.29, 0.717) is 35.0 Å². The van der Waals surface area contributed by atoms with Crippen molar-refractivity contribution in [2.24, 2.45) is 0 Å². The second-order valence-corrected chi connectivity index (χ2v) is 10.1. The maximum Gasteiger partial charge on any atom is 0.416 e. The first-order chi connectivity index (χ1) is 15.2. The molecule has 0 aromatic heterocycles. The topological polar surface area (TPSA) is 80.8 Å². The SMILES string of the molecule is CC(C)(C)c1ccc2c3c(cccc13)C(=O)N(OS(=O)(=O)c1ccc(C(F)(F)F)cc1)C2=O. The molecule has 0 aliphatic carbocycles. The van der Waals surface area contributed by atoms with Gasteiger partial charge < -0.3 is 0 Å². The molecule has 0 atom stereocenters. The normalized spacial score (nSPS) is 14.8. The van der Waals surface area contributed by atoms with Crippen LogP contribution in [0.3, 0.4) is 0 Å². The number of hydrogen-bond donors (Lipinski definition) is 0. The zero-order valence-corrected chi connectivity index (χ0v) is 18.5. The van der Waals surface area contributed by atoms with Gasteiger partial charge in [0.25, 0.3) is 11.8 Å². The van der Waals surface area contributed by atoms with Gasteiger partial charge in [-0.15, -0.1) is 9.35 Å². The second-order valence-electron chi connectivity index (χ2n) is 8.59. The molecule has 33 heavy (non-hydrogen) atoms. The highest BCUT2D eigenvalue weighted by atomic mass is 32.2. The Balaban J connectivity index is 1.75. The van der Waals surface area contributed by atoms with Gasteiger partial charge in [0.15, 0.2) is 0 Å². The summed E-state index contributed by atoms with van der Waals surface area (Å²) in [6.07, 6.45) is -4.66. The Morgan fingerprint density at radius 2 is 1.39 bits per heavy atom. The quantitative estimate of drug-likeness (QED) is 0.492. The van der Waals surface area contributed by atoms with E-state index < -0.39 is 38.6 Å². The van der Waals surface area contributed by atoms with Crippen molar-refractivity contribution < 1.29 is 35.5 Å². The molecule has 6 nitrogen and oxygen atoms in total. The van der Waals surface area contributed by atoms with E-state index in [0.717, 1.165) is 5.56 Å². The minimum Gasteiger partial charge on any atom is -0.266 e. The number of benzene rings is 3. The molecule has 0 radical (unpaired) electrons. The van der Waals surface area contributed by atoms with Crippen molar-refractivity contribution >= 4 is 32.7 Å². The Bertz CT molecular complexity index is 1380. The van der Waals surface area contributed by atoms with Crippen LogP contribution in [0.1, 0.15) is 52.6 Å². The Morgan fingerprint density at radius 1 is 0.818 bits per heavy atom. The lowest BCUT2D eigenvalue weighted by molar-refractivity contribution is -0.137. The highest BCUT2D eigenvalue weighted by molar-refractivity contribution is 7.86. The average Bonchev–Trinajstić information content (AvgIpc) is 2.73. The summed E-state index contributed by atoms with van der Waals surface area (Å²) in [5, 5.41) is 1.21. The van der Waals surface area contributed by atoms with Crippen LogP contribution >= 0.6 is 0 Å². The highest BCUT2D eigenvalue weighted by Crippen LogP contribution is 2.37. The third-order valence-corrected chi connectivity index (χ3v) is 6.52.